The fraction of sp³-hybridized carbons (Fsp3) is 0. The molecule has 31 heavy (non-hydrogen) atoms. The second kappa shape index (κ2) is 7.58. The first-order chi connectivity index (χ1) is 15.0. The molecule has 0 saturated heterocycles. The highest BCUT2D eigenvalue weighted by Crippen LogP contribution is 2.33. The van der Waals surface area contributed by atoms with Crippen LogP contribution in [-0.4, -0.2) is 20.4 Å². The van der Waals surface area contributed by atoms with Crippen molar-refractivity contribution in [1.29, 1.82) is 0 Å². The first kappa shape index (κ1) is 19.4. The molecule has 0 saturated carbocycles. The molecule has 0 aliphatic rings. The fourth-order valence-electron chi connectivity index (χ4n) is 3.49. The summed E-state index contributed by atoms with van der Waals surface area (Å²) in [6.45, 7) is 0. The van der Waals surface area contributed by atoms with Crippen LogP contribution in [0.4, 0.5) is 11.5 Å². The summed E-state index contributed by atoms with van der Waals surface area (Å²) < 4.78 is 1.66. The minimum atomic E-state index is -0.378. The number of nitrogens with two attached hydrogens (primary N) is 1. The Labute approximate surface area is 187 Å². The number of amides is 1. The molecule has 0 bridgehead atoms. The number of carbonyl (C=O) groups excluding carboxylic acids is 1. The Hall–Kier alpha value is -3.61. The summed E-state index contributed by atoms with van der Waals surface area (Å²) in [5.74, 6) is -0.172. The molecule has 5 rings (SSSR count). The minimum absolute atomic E-state index is 0.206. The van der Waals surface area contributed by atoms with Crippen LogP contribution in [0, 0.1) is 0 Å². The van der Waals surface area contributed by atoms with Gasteiger partial charge in [0.05, 0.1) is 26.8 Å². The van der Waals surface area contributed by atoms with Gasteiger partial charge in [0, 0.05) is 5.69 Å². The maximum absolute atomic E-state index is 13.2. The number of nitrogens with one attached hydrogen (secondary N) is 1. The van der Waals surface area contributed by atoms with E-state index in [4.69, 9.17) is 38.9 Å². The van der Waals surface area contributed by atoms with Crippen molar-refractivity contribution in [1.82, 2.24) is 14.5 Å². The van der Waals surface area contributed by atoms with Gasteiger partial charge in [0.1, 0.15) is 16.9 Å². The Kier molecular flexibility index (Phi) is 4.73. The van der Waals surface area contributed by atoms with Crippen molar-refractivity contribution in [2.75, 3.05) is 11.1 Å². The van der Waals surface area contributed by atoms with Crippen molar-refractivity contribution in [3.63, 3.8) is 0 Å². The van der Waals surface area contributed by atoms with Gasteiger partial charge in [-0.15, -0.1) is 0 Å². The number of nitrogens with zero attached hydrogens (tertiary/aromatic N) is 3. The number of hydrogen-bond acceptors (Lipinski definition) is 4. The Balaban J connectivity index is 1.78. The molecule has 3 N–H and O–H groups in total. The van der Waals surface area contributed by atoms with Gasteiger partial charge in [0.25, 0.3) is 5.91 Å². The predicted octanol–water partition coefficient (Wildman–Crippen LogP) is 5.72. The highest BCUT2D eigenvalue weighted by molar-refractivity contribution is 6.42. The number of carbonyl (C=O) groups is 1. The van der Waals surface area contributed by atoms with Gasteiger partial charge in [0.2, 0.25) is 0 Å². The molecule has 0 unspecified atom stereocenters. The lowest BCUT2D eigenvalue weighted by molar-refractivity contribution is 0.102. The van der Waals surface area contributed by atoms with Crippen molar-refractivity contribution in [3.05, 3.63) is 88.4 Å². The zero-order chi connectivity index (χ0) is 21.5. The van der Waals surface area contributed by atoms with E-state index in [1.54, 1.807) is 34.9 Å². The monoisotopic (exact) mass is 447 g/mol. The molecule has 0 aliphatic heterocycles. The second-order valence-corrected chi connectivity index (χ2v) is 7.71. The van der Waals surface area contributed by atoms with Crippen molar-refractivity contribution in [3.8, 4) is 5.69 Å². The van der Waals surface area contributed by atoms with Gasteiger partial charge < -0.3 is 11.1 Å². The van der Waals surface area contributed by atoms with E-state index in [0.717, 1.165) is 0 Å². The van der Waals surface area contributed by atoms with E-state index in [9.17, 15) is 4.79 Å². The van der Waals surface area contributed by atoms with Gasteiger partial charge >= 0.3 is 0 Å². The van der Waals surface area contributed by atoms with Crippen molar-refractivity contribution in [2.45, 2.75) is 0 Å². The molecule has 0 fully saturated rings. The van der Waals surface area contributed by atoms with Crippen LogP contribution in [0.15, 0.2) is 72.8 Å². The van der Waals surface area contributed by atoms with E-state index >= 15 is 0 Å². The Morgan fingerprint density at radius 2 is 1.55 bits per heavy atom. The van der Waals surface area contributed by atoms with Crippen LogP contribution in [0.1, 0.15) is 10.4 Å². The minimum Gasteiger partial charge on any atom is -0.384 e. The molecule has 1 amide bonds. The van der Waals surface area contributed by atoms with Crippen molar-refractivity contribution < 1.29 is 4.79 Å². The summed E-state index contributed by atoms with van der Waals surface area (Å²) in [6, 6.07) is 21.7. The van der Waals surface area contributed by atoms with Gasteiger partial charge in [-0.05, 0) is 42.5 Å². The van der Waals surface area contributed by atoms with E-state index in [-0.39, 0.29) is 17.3 Å². The smallest absolute Gasteiger partial charge is 0.261 e. The number of fused-ring (bicyclic) bond motifs is 2. The normalized spacial score (nSPS) is 11.2. The number of benzene rings is 3. The third-order valence-corrected chi connectivity index (χ3v) is 5.66. The van der Waals surface area contributed by atoms with E-state index in [1.165, 1.54) is 0 Å². The highest BCUT2D eigenvalue weighted by atomic mass is 35.5. The molecule has 3 aromatic carbocycles. The van der Waals surface area contributed by atoms with Crippen LogP contribution in [0.25, 0.3) is 27.9 Å². The van der Waals surface area contributed by atoms with Gasteiger partial charge in [-0.1, -0.05) is 53.5 Å². The van der Waals surface area contributed by atoms with E-state index in [1.807, 2.05) is 42.5 Å². The first-order valence-corrected chi connectivity index (χ1v) is 10.2. The summed E-state index contributed by atoms with van der Waals surface area (Å²) >= 11 is 12.3. The maximum Gasteiger partial charge on any atom is 0.261 e. The summed E-state index contributed by atoms with van der Waals surface area (Å²) in [4.78, 5) is 22.7. The first-order valence-electron chi connectivity index (χ1n) is 9.41. The fourth-order valence-corrected chi connectivity index (χ4v) is 3.78. The molecule has 2 aromatic heterocycles. The van der Waals surface area contributed by atoms with Crippen molar-refractivity contribution in [2.24, 2.45) is 0 Å². The number of rotatable bonds is 3. The summed E-state index contributed by atoms with van der Waals surface area (Å²) in [5, 5.41) is 3.66. The molecule has 8 heteroatoms. The van der Waals surface area contributed by atoms with Gasteiger partial charge in [-0.2, -0.15) is 0 Å². The second-order valence-electron chi connectivity index (χ2n) is 6.90. The Bertz CT molecular complexity index is 1460. The standard InChI is InChI=1S/C23H15Cl2N5O/c24-15-11-10-14(12-16(15)25)30-21(26)19(23(31)27-13-6-2-1-3-7-13)20-22(30)29-18-9-5-4-8-17(18)28-20/h1-12H,26H2,(H,27,31). The zero-order valence-corrected chi connectivity index (χ0v) is 17.5. The van der Waals surface area contributed by atoms with Crippen LogP contribution >= 0.6 is 23.2 Å². The SMILES string of the molecule is Nc1c(C(=O)Nc2ccccc2)c2nc3ccccc3nc2n1-c1ccc(Cl)c(Cl)c1. The average Bonchev–Trinajstić information content (AvgIpc) is 3.05. The lowest BCUT2D eigenvalue weighted by atomic mass is 10.2. The third-order valence-electron chi connectivity index (χ3n) is 4.92. The molecule has 5 aromatic rings. The average molecular weight is 448 g/mol. The van der Waals surface area contributed by atoms with Crippen molar-refractivity contribution >= 4 is 62.8 Å². The van der Waals surface area contributed by atoms with E-state index < -0.39 is 0 Å². The largest absolute Gasteiger partial charge is 0.384 e. The molecule has 0 atom stereocenters. The lowest BCUT2D eigenvalue weighted by Gasteiger charge is -2.09. The highest BCUT2D eigenvalue weighted by Gasteiger charge is 2.25. The van der Waals surface area contributed by atoms with E-state index in [0.29, 0.717) is 43.6 Å². The molecular weight excluding hydrogens is 433 g/mol. The van der Waals surface area contributed by atoms with Crippen LogP contribution in [0.5, 0.6) is 0 Å². The maximum atomic E-state index is 13.2. The lowest BCUT2D eigenvalue weighted by Crippen LogP contribution is -2.14. The predicted molar refractivity (Wildman–Crippen MR) is 125 cm³/mol. The summed E-state index contributed by atoms with van der Waals surface area (Å²) in [5.41, 5.74) is 10.2. The van der Waals surface area contributed by atoms with Crippen LogP contribution < -0.4 is 11.1 Å². The van der Waals surface area contributed by atoms with Crippen LogP contribution in [-0.2, 0) is 0 Å². The Morgan fingerprint density at radius 1 is 0.871 bits per heavy atom. The molecular formula is C23H15Cl2N5O. The van der Waals surface area contributed by atoms with Crippen LogP contribution in [0.3, 0.4) is 0 Å². The number of halogens is 2. The van der Waals surface area contributed by atoms with Gasteiger partial charge in [-0.3, -0.25) is 9.36 Å². The number of para-hydroxylation sites is 3. The number of nitrogen functional groups attached to an aromatic ring is 1. The molecule has 0 radical (unpaired) electrons. The van der Waals surface area contributed by atoms with Gasteiger partial charge in [0.15, 0.2) is 5.65 Å². The molecule has 2 heterocycles. The van der Waals surface area contributed by atoms with Crippen LogP contribution in [0.2, 0.25) is 10.0 Å². The van der Waals surface area contributed by atoms with Gasteiger partial charge in [-0.25, -0.2) is 9.97 Å². The number of aromatic nitrogens is 3. The molecule has 0 aliphatic carbocycles. The number of anilines is 2. The summed E-state index contributed by atoms with van der Waals surface area (Å²) in [7, 11) is 0. The summed E-state index contributed by atoms with van der Waals surface area (Å²) in [6.07, 6.45) is 0. The van der Waals surface area contributed by atoms with E-state index in [2.05, 4.69) is 5.32 Å². The Morgan fingerprint density at radius 3 is 2.26 bits per heavy atom. The molecule has 0 spiro atoms. The molecule has 152 valence electrons. The number of hydrogen-bond donors (Lipinski definition) is 2. The topological polar surface area (TPSA) is 85.8 Å². The quantitative estimate of drug-likeness (QED) is 0.370. The zero-order valence-electron chi connectivity index (χ0n) is 16.0. The third kappa shape index (κ3) is 3.36. The molecule has 6 nitrogen and oxygen atoms in total.